The number of rotatable bonds is 3. The van der Waals surface area contributed by atoms with E-state index >= 15 is 0 Å². The van der Waals surface area contributed by atoms with Gasteiger partial charge < -0.3 is 0 Å². The van der Waals surface area contributed by atoms with Crippen molar-refractivity contribution in [3.63, 3.8) is 0 Å². The molecular weight excluding hydrogens is 246 g/mol. The van der Waals surface area contributed by atoms with Gasteiger partial charge in [0.15, 0.2) is 0 Å². The minimum atomic E-state index is -0.196. The van der Waals surface area contributed by atoms with Gasteiger partial charge in [0.2, 0.25) is 0 Å². The van der Waals surface area contributed by atoms with Gasteiger partial charge >= 0.3 is 0 Å². The summed E-state index contributed by atoms with van der Waals surface area (Å²) in [6, 6.07) is 8.34. The van der Waals surface area contributed by atoms with Crippen molar-refractivity contribution in [2.75, 3.05) is 6.54 Å². The first-order valence-corrected chi connectivity index (χ1v) is 7.55. The van der Waals surface area contributed by atoms with Crippen molar-refractivity contribution in [3.05, 3.63) is 35.4 Å². The van der Waals surface area contributed by atoms with E-state index < -0.39 is 0 Å². The second-order valence-corrected chi connectivity index (χ2v) is 7.05. The number of benzene rings is 1. The minimum Gasteiger partial charge on any atom is -0.299 e. The highest BCUT2D eigenvalue weighted by molar-refractivity contribution is 5.90. The molecule has 2 fully saturated rings. The van der Waals surface area contributed by atoms with Crippen molar-refractivity contribution in [3.8, 4) is 0 Å². The quantitative estimate of drug-likeness (QED) is 0.767. The van der Waals surface area contributed by atoms with Gasteiger partial charge in [-0.2, -0.15) is 0 Å². The molecule has 0 saturated heterocycles. The lowest BCUT2D eigenvalue weighted by atomic mass is 9.69. The molecule has 0 spiro atoms. The summed E-state index contributed by atoms with van der Waals surface area (Å²) in [6.07, 6.45) is 4.91. The first-order chi connectivity index (χ1) is 9.46. The smallest absolute Gasteiger partial charge is 0.141 e. The molecule has 0 heterocycles. The normalized spacial score (nSPS) is 31.4. The second-order valence-electron chi connectivity index (χ2n) is 7.05. The molecule has 2 aliphatic rings. The molecule has 20 heavy (non-hydrogen) atoms. The Hall–Kier alpha value is -1.44. The number of nitrogens with zero attached hydrogens (tertiary/aromatic N) is 1. The average molecular weight is 269 g/mol. The number of carbonyl (C=O) groups is 1. The third-order valence-electron chi connectivity index (χ3n) is 5.82. The highest BCUT2D eigenvalue weighted by Gasteiger charge is 2.63. The molecule has 2 heteroatoms. The molecule has 2 nitrogen and oxygen atoms in total. The van der Waals surface area contributed by atoms with Gasteiger partial charge in [0.05, 0.1) is 12.0 Å². The zero-order valence-corrected chi connectivity index (χ0v) is 12.6. The third-order valence-corrected chi connectivity index (χ3v) is 5.82. The number of carbonyl (C=O) groups excluding carboxylic acids is 1. The summed E-state index contributed by atoms with van der Waals surface area (Å²) in [5, 5.41) is 0. The van der Waals surface area contributed by atoms with Crippen LogP contribution >= 0.6 is 0 Å². The molecule has 1 aromatic rings. The molecular formula is C18H23NO. The van der Waals surface area contributed by atoms with Gasteiger partial charge in [0.25, 0.3) is 0 Å². The lowest BCUT2D eigenvalue weighted by molar-refractivity contribution is -0.128. The fourth-order valence-corrected chi connectivity index (χ4v) is 4.10. The molecule has 0 aliphatic heterocycles. The van der Waals surface area contributed by atoms with Gasteiger partial charge in [-0.1, -0.05) is 43.7 Å². The molecule has 0 N–H and O–H groups in total. The van der Waals surface area contributed by atoms with Gasteiger partial charge in [0, 0.05) is 12.6 Å². The van der Waals surface area contributed by atoms with E-state index in [0.29, 0.717) is 18.2 Å². The molecule has 0 amide bonds. The van der Waals surface area contributed by atoms with Gasteiger partial charge in [-0.15, -0.1) is 0 Å². The molecule has 0 radical (unpaired) electrons. The maximum atomic E-state index is 12.4. The van der Waals surface area contributed by atoms with Crippen molar-refractivity contribution >= 4 is 12.0 Å². The molecule has 106 valence electrons. The Morgan fingerprint density at radius 2 is 2.00 bits per heavy atom. The zero-order chi connectivity index (χ0) is 14.4. The summed E-state index contributed by atoms with van der Waals surface area (Å²) in [5.74, 6) is 1.02. The molecule has 3 rings (SSSR count). The van der Waals surface area contributed by atoms with Crippen molar-refractivity contribution < 1.29 is 4.79 Å². The summed E-state index contributed by atoms with van der Waals surface area (Å²) in [7, 11) is 0. The average Bonchev–Trinajstić information content (AvgIpc) is 2.75. The minimum absolute atomic E-state index is 0.120. The molecule has 2 unspecified atom stereocenters. The number of ketones is 1. The maximum Gasteiger partial charge on any atom is 0.141 e. The maximum absolute atomic E-state index is 12.4. The SMILES string of the molecule is Cc1ccc(C=NCC23CCC(CC2=O)C3(C)C)cc1. The summed E-state index contributed by atoms with van der Waals surface area (Å²) in [4.78, 5) is 17.0. The Kier molecular flexibility index (Phi) is 3.07. The Bertz CT molecular complexity index is 555. The molecule has 0 aromatic heterocycles. The van der Waals surface area contributed by atoms with Crippen LogP contribution in [0, 0.1) is 23.7 Å². The molecule has 2 saturated carbocycles. The van der Waals surface area contributed by atoms with Gasteiger partial charge in [-0.3, -0.25) is 9.79 Å². The van der Waals surface area contributed by atoms with E-state index in [1.54, 1.807) is 0 Å². The van der Waals surface area contributed by atoms with Crippen LogP contribution in [0.3, 0.4) is 0 Å². The standard InChI is InChI=1S/C18H23NO/c1-13-4-6-14(7-5-13)11-19-12-18-9-8-15(10-16(18)20)17(18,2)3/h4-7,11,15H,8-10,12H2,1-3H3. The largest absolute Gasteiger partial charge is 0.299 e. The number of hydrogen-bond donors (Lipinski definition) is 0. The van der Waals surface area contributed by atoms with Crippen LogP contribution in [-0.2, 0) is 4.79 Å². The van der Waals surface area contributed by atoms with Gasteiger partial charge in [-0.25, -0.2) is 0 Å². The van der Waals surface area contributed by atoms with Crippen LogP contribution < -0.4 is 0 Å². The Balaban J connectivity index is 1.77. The van der Waals surface area contributed by atoms with Crippen LogP contribution in [0.15, 0.2) is 29.3 Å². The predicted octanol–water partition coefficient (Wildman–Crippen LogP) is 3.81. The first-order valence-electron chi connectivity index (χ1n) is 7.55. The number of aliphatic imine (C=N–C) groups is 1. The summed E-state index contributed by atoms with van der Waals surface area (Å²) in [6.45, 7) is 7.26. The Morgan fingerprint density at radius 1 is 1.30 bits per heavy atom. The zero-order valence-electron chi connectivity index (χ0n) is 12.6. The lowest BCUT2D eigenvalue weighted by Crippen LogP contribution is -2.38. The second kappa shape index (κ2) is 4.54. The van der Waals surface area contributed by atoms with Crippen molar-refractivity contribution in [2.45, 2.75) is 40.0 Å². The van der Waals surface area contributed by atoms with Gasteiger partial charge in [-0.05, 0) is 36.7 Å². The summed E-state index contributed by atoms with van der Waals surface area (Å²) >= 11 is 0. The van der Waals surface area contributed by atoms with E-state index in [2.05, 4.69) is 50.0 Å². The van der Waals surface area contributed by atoms with E-state index in [4.69, 9.17) is 0 Å². The molecule has 2 bridgehead atoms. The number of hydrogen-bond acceptors (Lipinski definition) is 2. The van der Waals surface area contributed by atoms with Crippen LogP contribution in [0.4, 0.5) is 0 Å². The fourth-order valence-electron chi connectivity index (χ4n) is 4.10. The van der Waals surface area contributed by atoms with Gasteiger partial charge in [0.1, 0.15) is 5.78 Å². The Morgan fingerprint density at radius 3 is 2.55 bits per heavy atom. The lowest BCUT2D eigenvalue weighted by Gasteiger charge is -2.35. The fraction of sp³-hybridized carbons (Fsp3) is 0.556. The topological polar surface area (TPSA) is 29.4 Å². The first kappa shape index (κ1) is 13.5. The molecule has 2 aliphatic carbocycles. The highest BCUT2D eigenvalue weighted by atomic mass is 16.1. The molecule has 2 atom stereocenters. The van der Waals surface area contributed by atoms with Crippen molar-refractivity contribution in [1.29, 1.82) is 0 Å². The predicted molar refractivity (Wildman–Crippen MR) is 82.2 cm³/mol. The number of fused-ring (bicyclic) bond motifs is 2. The van der Waals surface area contributed by atoms with Crippen molar-refractivity contribution in [2.24, 2.45) is 21.7 Å². The van der Waals surface area contributed by atoms with E-state index in [0.717, 1.165) is 18.4 Å². The molecule has 1 aromatic carbocycles. The highest BCUT2D eigenvalue weighted by Crippen LogP contribution is 2.63. The van der Waals surface area contributed by atoms with E-state index in [9.17, 15) is 4.79 Å². The van der Waals surface area contributed by atoms with Crippen LogP contribution in [0.5, 0.6) is 0 Å². The summed E-state index contributed by atoms with van der Waals surface area (Å²) < 4.78 is 0. The van der Waals surface area contributed by atoms with Crippen LogP contribution in [-0.4, -0.2) is 18.5 Å². The van der Waals surface area contributed by atoms with E-state index in [-0.39, 0.29) is 10.8 Å². The Labute approximate surface area is 121 Å². The number of aryl methyl sites for hydroxylation is 1. The van der Waals surface area contributed by atoms with Crippen LogP contribution in [0.25, 0.3) is 0 Å². The van der Waals surface area contributed by atoms with Crippen LogP contribution in [0.1, 0.15) is 44.2 Å². The number of Topliss-reactive ketones (excluding diaryl/α,β-unsaturated/α-hetero) is 1. The van der Waals surface area contributed by atoms with Crippen LogP contribution in [0.2, 0.25) is 0 Å². The summed E-state index contributed by atoms with van der Waals surface area (Å²) in [5.41, 5.74) is 2.30. The third kappa shape index (κ3) is 1.85. The van der Waals surface area contributed by atoms with E-state index in [1.165, 1.54) is 12.0 Å². The monoisotopic (exact) mass is 269 g/mol. The van der Waals surface area contributed by atoms with E-state index in [1.807, 2.05) is 6.21 Å². The van der Waals surface area contributed by atoms with Crippen molar-refractivity contribution in [1.82, 2.24) is 0 Å².